The minimum Gasteiger partial charge on any atom is -0.493 e. The molecule has 3 rings (SSSR count). The molecule has 0 bridgehead atoms. The van der Waals surface area contributed by atoms with Crippen LogP contribution in [0.25, 0.3) is 0 Å². The summed E-state index contributed by atoms with van der Waals surface area (Å²) in [5, 5.41) is 0. The molecule has 0 saturated carbocycles. The minimum absolute atomic E-state index is 0.488. The second kappa shape index (κ2) is 6.77. The highest BCUT2D eigenvalue weighted by Gasteiger charge is 2.24. The van der Waals surface area contributed by atoms with Crippen molar-refractivity contribution >= 4 is 0 Å². The van der Waals surface area contributed by atoms with Crippen molar-refractivity contribution in [3.05, 3.63) is 29.3 Å². The van der Waals surface area contributed by atoms with Gasteiger partial charge >= 0.3 is 0 Å². The lowest BCUT2D eigenvalue weighted by molar-refractivity contribution is 0.0129. The highest BCUT2D eigenvalue weighted by molar-refractivity contribution is 5.40. The Balaban J connectivity index is 1.79. The van der Waals surface area contributed by atoms with Crippen LogP contribution in [-0.4, -0.2) is 63.4 Å². The van der Waals surface area contributed by atoms with E-state index in [1.165, 1.54) is 11.1 Å². The van der Waals surface area contributed by atoms with Crippen LogP contribution < -0.4 is 4.74 Å². The zero-order valence-corrected chi connectivity index (χ0v) is 13.2. The van der Waals surface area contributed by atoms with E-state index < -0.39 is 0 Å². The number of hydrogen-bond acceptors (Lipinski definition) is 4. The number of rotatable bonds is 5. The van der Waals surface area contributed by atoms with Gasteiger partial charge < -0.3 is 14.4 Å². The van der Waals surface area contributed by atoms with Crippen LogP contribution in [0.3, 0.4) is 0 Å². The van der Waals surface area contributed by atoms with E-state index in [2.05, 4.69) is 42.1 Å². The van der Waals surface area contributed by atoms with Gasteiger partial charge in [0.15, 0.2) is 0 Å². The quantitative estimate of drug-likeness (QED) is 0.827. The second-order valence-corrected chi connectivity index (χ2v) is 6.22. The molecule has 4 nitrogen and oxygen atoms in total. The molecule has 1 saturated heterocycles. The lowest BCUT2D eigenvalue weighted by Crippen LogP contribution is -2.40. The third-order valence-electron chi connectivity index (χ3n) is 4.43. The molecule has 116 valence electrons. The summed E-state index contributed by atoms with van der Waals surface area (Å²) in [6.45, 7) is 5.71. The molecule has 1 aromatic rings. The molecule has 0 N–H and O–H groups in total. The minimum atomic E-state index is 0.488. The fourth-order valence-corrected chi connectivity index (χ4v) is 3.24. The van der Waals surface area contributed by atoms with Crippen molar-refractivity contribution in [1.82, 2.24) is 9.80 Å². The van der Waals surface area contributed by atoms with Crippen LogP contribution in [0.5, 0.6) is 5.75 Å². The van der Waals surface area contributed by atoms with Crippen molar-refractivity contribution in [3.8, 4) is 5.75 Å². The Labute approximate surface area is 127 Å². The molecule has 1 unspecified atom stereocenters. The van der Waals surface area contributed by atoms with E-state index in [1.54, 1.807) is 0 Å². The van der Waals surface area contributed by atoms with Crippen LogP contribution in [0, 0.1) is 0 Å². The van der Waals surface area contributed by atoms with Crippen LogP contribution in [-0.2, 0) is 11.2 Å². The summed E-state index contributed by atoms with van der Waals surface area (Å²) >= 11 is 0. The first-order valence-corrected chi connectivity index (χ1v) is 7.96. The normalized spacial score (nSPS) is 20.3. The third-order valence-corrected chi connectivity index (χ3v) is 4.43. The molecule has 0 amide bonds. The average Bonchev–Trinajstić information content (AvgIpc) is 2.96. The predicted molar refractivity (Wildman–Crippen MR) is 83.9 cm³/mol. The Morgan fingerprint density at radius 2 is 2.00 bits per heavy atom. The van der Waals surface area contributed by atoms with Crippen molar-refractivity contribution < 1.29 is 9.47 Å². The van der Waals surface area contributed by atoms with Gasteiger partial charge in [-0.15, -0.1) is 0 Å². The smallest absolute Gasteiger partial charge is 0.122 e. The molecule has 2 aliphatic heterocycles. The Morgan fingerprint density at radius 3 is 2.76 bits per heavy atom. The van der Waals surface area contributed by atoms with E-state index in [0.29, 0.717) is 6.04 Å². The molecular formula is C17H26N2O2. The first-order valence-electron chi connectivity index (χ1n) is 7.96. The van der Waals surface area contributed by atoms with Crippen molar-refractivity contribution in [1.29, 1.82) is 0 Å². The maximum absolute atomic E-state index is 5.64. The van der Waals surface area contributed by atoms with Gasteiger partial charge in [-0.05, 0) is 44.3 Å². The summed E-state index contributed by atoms with van der Waals surface area (Å²) in [7, 11) is 4.29. The number of benzene rings is 1. The lowest BCUT2D eigenvalue weighted by atomic mass is 9.98. The van der Waals surface area contributed by atoms with E-state index in [1.807, 2.05) is 0 Å². The van der Waals surface area contributed by atoms with Gasteiger partial charge in [0.2, 0.25) is 0 Å². The van der Waals surface area contributed by atoms with Crippen LogP contribution in [0.1, 0.15) is 23.6 Å². The molecule has 1 fully saturated rings. The molecule has 2 aliphatic rings. The fraction of sp³-hybridized carbons (Fsp3) is 0.647. The molecule has 21 heavy (non-hydrogen) atoms. The Hall–Kier alpha value is -1.10. The van der Waals surface area contributed by atoms with Crippen molar-refractivity contribution in [2.75, 3.05) is 53.6 Å². The van der Waals surface area contributed by atoms with Crippen LogP contribution >= 0.6 is 0 Å². The van der Waals surface area contributed by atoms with Crippen LogP contribution in [0.4, 0.5) is 0 Å². The molecule has 0 aliphatic carbocycles. The fourth-order valence-electron chi connectivity index (χ4n) is 3.24. The van der Waals surface area contributed by atoms with Gasteiger partial charge in [0.1, 0.15) is 5.75 Å². The van der Waals surface area contributed by atoms with Gasteiger partial charge in [0.25, 0.3) is 0 Å². The Morgan fingerprint density at radius 1 is 1.19 bits per heavy atom. The van der Waals surface area contributed by atoms with Gasteiger partial charge in [-0.2, -0.15) is 0 Å². The highest BCUT2D eigenvalue weighted by atomic mass is 16.5. The molecule has 0 spiro atoms. The number of ether oxygens (including phenoxy) is 2. The SMILES string of the molecule is CN(C)CCC(c1ccc2c(c1)CCO2)N1CCOCC1. The van der Waals surface area contributed by atoms with Gasteiger partial charge in [-0.1, -0.05) is 12.1 Å². The first-order chi connectivity index (χ1) is 10.2. The van der Waals surface area contributed by atoms with Gasteiger partial charge in [-0.25, -0.2) is 0 Å². The predicted octanol–water partition coefficient (Wildman–Crippen LogP) is 1.95. The molecule has 0 aromatic heterocycles. The average molecular weight is 290 g/mol. The molecule has 1 aromatic carbocycles. The Kier molecular flexibility index (Phi) is 4.78. The van der Waals surface area contributed by atoms with E-state index in [-0.39, 0.29) is 0 Å². The van der Waals surface area contributed by atoms with Gasteiger partial charge in [0, 0.05) is 25.6 Å². The lowest BCUT2D eigenvalue weighted by Gasteiger charge is -2.35. The summed E-state index contributed by atoms with van der Waals surface area (Å²) in [6.07, 6.45) is 2.21. The summed E-state index contributed by atoms with van der Waals surface area (Å²) in [6, 6.07) is 7.25. The number of morpholine rings is 1. The van der Waals surface area contributed by atoms with E-state index in [0.717, 1.165) is 58.0 Å². The van der Waals surface area contributed by atoms with E-state index in [9.17, 15) is 0 Å². The summed E-state index contributed by atoms with van der Waals surface area (Å²) in [4.78, 5) is 4.84. The van der Waals surface area contributed by atoms with Gasteiger partial charge in [-0.3, -0.25) is 4.90 Å². The van der Waals surface area contributed by atoms with E-state index in [4.69, 9.17) is 9.47 Å². The monoisotopic (exact) mass is 290 g/mol. The van der Waals surface area contributed by atoms with Crippen molar-refractivity contribution in [2.45, 2.75) is 18.9 Å². The standard InChI is InChI=1S/C17H26N2O2/c1-18(2)7-5-16(19-8-11-20-12-9-19)14-3-4-17-15(13-14)6-10-21-17/h3-4,13,16H,5-12H2,1-2H3. The zero-order chi connectivity index (χ0) is 14.7. The third kappa shape index (κ3) is 3.57. The van der Waals surface area contributed by atoms with Crippen molar-refractivity contribution in [3.63, 3.8) is 0 Å². The molecule has 0 radical (unpaired) electrons. The van der Waals surface area contributed by atoms with Crippen LogP contribution in [0.2, 0.25) is 0 Å². The topological polar surface area (TPSA) is 24.9 Å². The molecule has 1 atom stereocenters. The number of nitrogens with zero attached hydrogens (tertiary/aromatic N) is 2. The first kappa shape index (κ1) is 14.8. The largest absolute Gasteiger partial charge is 0.493 e. The maximum Gasteiger partial charge on any atom is 0.122 e. The van der Waals surface area contributed by atoms with Crippen molar-refractivity contribution in [2.24, 2.45) is 0 Å². The maximum atomic E-state index is 5.64. The summed E-state index contributed by atoms with van der Waals surface area (Å²) < 4.78 is 11.1. The highest BCUT2D eigenvalue weighted by Crippen LogP contribution is 2.32. The van der Waals surface area contributed by atoms with E-state index >= 15 is 0 Å². The van der Waals surface area contributed by atoms with Crippen LogP contribution in [0.15, 0.2) is 18.2 Å². The Bertz CT molecular complexity index is 470. The van der Waals surface area contributed by atoms with Gasteiger partial charge in [0.05, 0.1) is 19.8 Å². The number of hydrogen-bond donors (Lipinski definition) is 0. The zero-order valence-electron chi connectivity index (χ0n) is 13.2. The second-order valence-electron chi connectivity index (χ2n) is 6.22. The molecule has 2 heterocycles. The molecular weight excluding hydrogens is 264 g/mol. The summed E-state index contributed by atoms with van der Waals surface area (Å²) in [5.74, 6) is 1.08. The summed E-state index contributed by atoms with van der Waals surface area (Å²) in [5.41, 5.74) is 2.80. The number of fused-ring (bicyclic) bond motifs is 1. The molecule has 4 heteroatoms.